The monoisotopic (exact) mass is 474 g/mol. The fourth-order valence-corrected chi connectivity index (χ4v) is 3.09. The zero-order valence-corrected chi connectivity index (χ0v) is 18.7. The van der Waals surface area contributed by atoms with Crippen LogP contribution in [0.15, 0.2) is 83.3 Å². The molecular weight excluding hydrogens is 456 g/mol. The number of rotatable bonds is 7. The standard InChI is InChI=1S/C25H19ClN4O4/c1-33-21-12-8-17(9-13-21)24-29-30-25(34-24)28-23(32)18-3-2-4-20(15-18)27-22(31)14-7-16-5-10-19(26)11-6-16/h2-15H,1H3,(H,27,31)(H,28,30,32)/b14-7+. The summed E-state index contributed by atoms with van der Waals surface area (Å²) < 4.78 is 10.7. The number of benzene rings is 3. The second-order valence-corrected chi connectivity index (χ2v) is 7.49. The first-order valence-electron chi connectivity index (χ1n) is 10.1. The van der Waals surface area contributed by atoms with Crippen LogP contribution in [0.2, 0.25) is 5.02 Å². The van der Waals surface area contributed by atoms with Crippen LogP contribution in [-0.4, -0.2) is 29.1 Å². The average Bonchev–Trinajstić information content (AvgIpc) is 3.32. The van der Waals surface area contributed by atoms with Crippen molar-refractivity contribution < 1.29 is 18.7 Å². The molecule has 4 rings (SSSR count). The summed E-state index contributed by atoms with van der Waals surface area (Å²) in [6.45, 7) is 0. The van der Waals surface area contributed by atoms with Gasteiger partial charge in [0, 0.05) is 27.9 Å². The molecule has 170 valence electrons. The minimum Gasteiger partial charge on any atom is -0.497 e. The van der Waals surface area contributed by atoms with Crippen LogP contribution in [0.1, 0.15) is 15.9 Å². The van der Waals surface area contributed by atoms with E-state index in [9.17, 15) is 9.59 Å². The summed E-state index contributed by atoms with van der Waals surface area (Å²) in [5.41, 5.74) is 2.29. The van der Waals surface area contributed by atoms with Crippen LogP contribution in [0.3, 0.4) is 0 Å². The highest BCUT2D eigenvalue weighted by Crippen LogP contribution is 2.23. The quantitative estimate of drug-likeness (QED) is 0.352. The van der Waals surface area contributed by atoms with Gasteiger partial charge in [0.2, 0.25) is 11.8 Å². The highest BCUT2D eigenvalue weighted by atomic mass is 35.5. The molecule has 0 fully saturated rings. The van der Waals surface area contributed by atoms with Crippen molar-refractivity contribution in [1.82, 2.24) is 10.2 Å². The Kier molecular flexibility index (Phi) is 7.00. The maximum Gasteiger partial charge on any atom is 0.322 e. The Morgan fingerprint density at radius 3 is 2.47 bits per heavy atom. The maximum absolute atomic E-state index is 12.6. The van der Waals surface area contributed by atoms with Crippen molar-refractivity contribution in [1.29, 1.82) is 0 Å². The van der Waals surface area contributed by atoms with Crippen LogP contribution in [0.25, 0.3) is 17.5 Å². The predicted molar refractivity (Wildman–Crippen MR) is 130 cm³/mol. The van der Waals surface area contributed by atoms with Gasteiger partial charge in [-0.15, -0.1) is 5.10 Å². The molecule has 9 heteroatoms. The molecule has 0 saturated carbocycles. The van der Waals surface area contributed by atoms with Crippen molar-refractivity contribution in [2.75, 3.05) is 17.7 Å². The number of anilines is 2. The van der Waals surface area contributed by atoms with Gasteiger partial charge in [-0.05, 0) is 66.2 Å². The van der Waals surface area contributed by atoms with Gasteiger partial charge in [-0.25, -0.2) is 0 Å². The fraction of sp³-hybridized carbons (Fsp3) is 0.0400. The van der Waals surface area contributed by atoms with E-state index in [1.807, 2.05) is 0 Å². The fourth-order valence-electron chi connectivity index (χ4n) is 2.96. The molecule has 2 amide bonds. The Morgan fingerprint density at radius 1 is 0.971 bits per heavy atom. The van der Waals surface area contributed by atoms with E-state index in [1.54, 1.807) is 86.0 Å². The largest absolute Gasteiger partial charge is 0.497 e. The van der Waals surface area contributed by atoms with Gasteiger partial charge in [-0.1, -0.05) is 34.9 Å². The zero-order chi connectivity index (χ0) is 23.9. The molecule has 0 radical (unpaired) electrons. The molecule has 1 aromatic heterocycles. The summed E-state index contributed by atoms with van der Waals surface area (Å²) >= 11 is 5.86. The van der Waals surface area contributed by atoms with Crippen molar-refractivity contribution >= 4 is 41.2 Å². The lowest BCUT2D eigenvalue weighted by Crippen LogP contribution is -2.13. The molecule has 3 aromatic carbocycles. The number of hydrogen-bond acceptors (Lipinski definition) is 6. The Bertz CT molecular complexity index is 1330. The van der Waals surface area contributed by atoms with Crippen LogP contribution in [0.5, 0.6) is 5.75 Å². The molecule has 2 N–H and O–H groups in total. The molecule has 34 heavy (non-hydrogen) atoms. The van der Waals surface area contributed by atoms with Crippen molar-refractivity contribution in [2.24, 2.45) is 0 Å². The first-order valence-corrected chi connectivity index (χ1v) is 10.5. The van der Waals surface area contributed by atoms with E-state index in [-0.39, 0.29) is 17.8 Å². The van der Waals surface area contributed by atoms with Crippen molar-refractivity contribution in [3.63, 3.8) is 0 Å². The molecule has 1 heterocycles. The number of halogens is 1. The molecule has 0 atom stereocenters. The SMILES string of the molecule is COc1ccc(-c2nnc(NC(=O)c3cccc(NC(=O)/C=C/c4ccc(Cl)cc4)c3)o2)cc1. The maximum atomic E-state index is 12.6. The van der Waals surface area contributed by atoms with E-state index in [1.165, 1.54) is 6.08 Å². The predicted octanol–water partition coefficient (Wildman–Crippen LogP) is 5.30. The van der Waals surface area contributed by atoms with E-state index < -0.39 is 5.91 Å². The van der Waals surface area contributed by atoms with Gasteiger partial charge in [0.25, 0.3) is 5.91 Å². The molecule has 0 aliphatic rings. The number of carbonyl (C=O) groups is 2. The number of ether oxygens (including phenoxy) is 1. The van der Waals surface area contributed by atoms with E-state index in [4.69, 9.17) is 20.8 Å². The van der Waals surface area contributed by atoms with Crippen LogP contribution in [0, 0.1) is 0 Å². The van der Waals surface area contributed by atoms with E-state index in [2.05, 4.69) is 20.8 Å². The van der Waals surface area contributed by atoms with Gasteiger partial charge in [0.15, 0.2) is 0 Å². The molecule has 0 saturated heterocycles. The summed E-state index contributed by atoms with van der Waals surface area (Å²) in [7, 11) is 1.58. The number of amides is 2. The van der Waals surface area contributed by atoms with Gasteiger partial charge in [0.1, 0.15) is 5.75 Å². The topological polar surface area (TPSA) is 106 Å². The van der Waals surface area contributed by atoms with Crippen LogP contribution >= 0.6 is 11.6 Å². The highest BCUT2D eigenvalue weighted by molar-refractivity contribution is 6.30. The van der Waals surface area contributed by atoms with E-state index in [0.717, 1.165) is 5.56 Å². The van der Waals surface area contributed by atoms with Crippen molar-refractivity contribution in [2.45, 2.75) is 0 Å². The Hall–Kier alpha value is -4.43. The lowest BCUT2D eigenvalue weighted by atomic mass is 10.2. The average molecular weight is 475 g/mol. The summed E-state index contributed by atoms with van der Waals surface area (Å²) in [6, 6.07) is 20.6. The summed E-state index contributed by atoms with van der Waals surface area (Å²) in [5.74, 6) is 0.155. The van der Waals surface area contributed by atoms with Crippen LogP contribution in [-0.2, 0) is 4.79 Å². The second kappa shape index (κ2) is 10.5. The zero-order valence-electron chi connectivity index (χ0n) is 18.0. The third kappa shape index (κ3) is 5.87. The third-order valence-corrected chi connectivity index (χ3v) is 4.92. The molecule has 0 bridgehead atoms. The van der Waals surface area contributed by atoms with Gasteiger partial charge >= 0.3 is 6.01 Å². The first kappa shape index (κ1) is 22.8. The first-order chi connectivity index (χ1) is 16.5. The van der Waals surface area contributed by atoms with Crippen molar-refractivity contribution in [3.8, 4) is 17.2 Å². The van der Waals surface area contributed by atoms with Crippen LogP contribution < -0.4 is 15.4 Å². The normalized spacial score (nSPS) is 10.8. The summed E-state index contributed by atoms with van der Waals surface area (Å²) in [5, 5.41) is 13.7. The lowest BCUT2D eigenvalue weighted by Gasteiger charge is -2.05. The highest BCUT2D eigenvalue weighted by Gasteiger charge is 2.13. The second-order valence-electron chi connectivity index (χ2n) is 7.05. The minimum absolute atomic E-state index is 0.0452. The number of methoxy groups -OCH3 is 1. The lowest BCUT2D eigenvalue weighted by molar-refractivity contribution is -0.111. The Morgan fingerprint density at radius 2 is 1.74 bits per heavy atom. The molecular formula is C25H19ClN4O4. The van der Waals surface area contributed by atoms with E-state index in [0.29, 0.717) is 27.6 Å². The summed E-state index contributed by atoms with van der Waals surface area (Å²) in [4.78, 5) is 24.9. The van der Waals surface area contributed by atoms with E-state index >= 15 is 0 Å². The van der Waals surface area contributed by atoms with Crippen molar-refractivity contribution in [3.05, 3.63) is 95.0 Å². The number of nitrogens with zero attached hydrogens (tertiary/aromatic N) is 2. The van der Waals surface area contributed by atoms with Gasteiger partial charge in [-0.3, -0.25) is 14.9 Å². The van der Waals surface area contributed by atoms with Crippen LogP contribution in [0.4, 0.5) is 11.7 Å². The number of carbonyl (C=O) groups excluding carboxylic acids is 2. The number of hydrogen-bond donors (Lipinski definition) is 2. The third-order valence-electron chi connectivity index (χ3n) is 4.67. The molecule has 0 aliphatic carbocycles. The Labute approximate surface area is 200 Å². The molecule has 0 spiro atoms. The molecule has 8 nitrogen and oxygen atoms in total. The minimum atomic E-state index is -0.460. The Balaban J connectivity index is 1.38. The molecule has 4 aromatic rings. The van der Waals surface area contributed by atoms with Gasteiger partial charge in [-0.2, -0.15) is 0 Å². The summed E-state index contributed by atoms with van der Waals surface area (Å²) in [6.07, 6.45) is 3.06. The molecule has 0 aliphatic heterocycles. The van der Waals surface area contributed by atoms with Gasteiger partial charge < -0.3 is 14.5 Å². The number of nitrogens with one attached hydrogen (secondary N) is 2. The number of aromatic nitrogens is 2. The van der Waals surface area contributed by atoms with Gasteiger partial charge in [0.05, 0.1) is 7.11 Å². The molecule has 0 unspecified atom stereocenters. The smallest absolute Gasteiger partial charge is 0.322 e.